The topological polar surface area (TPSA) is 219 Å². The minimum Gasteiger partial charge on any atom is -0.394 e. The van der Waals surface area contributed by atoms with Gasteiger partial charge in [-0.2, -0.15) is 0 Å². The van der Waals surface area contributed by atoms with E-state index in [9.17, 15) is 34.8 Å². The molecule has 2 saturated heterocycles. The number of aromatic amines is 1. The normalized spacial score (nSPS) is 36.1. The van der Waals surface area contributed by atoms with Gasteiger partial charge in [0, 0.05) is 12.3 Å². The first-order valence-electron chi connectivity index (χ1n) is 9.17. The number of Topliss-reactive ketones (excluding diaryl/α,β-unsaturated/α-hetero) is 1. The number of nitrogens with zero attached hydrogens (tertiary/aromatic N) is 1. The van der Waals surface area contributed by atoms with Crippen molar-refractivity contribution in [1.29, 1.82) is 0 Å². The van der Waals surface area contributed by atoms with Crippen molar-refractivity contribution < 1.29 is 53.2 Å². The van der Waals surface area contributed by atoms with Gasteiger partial charge in [0.05, 0.1) is 13.2 Å². The van der Waals surface area contributed by atoms with Gasteiger partial charge in [0.25, 0.3) is 5.56 Å². The Kier molecular flexibility index (Phi) is 8.97. The molecule has 1 aromatic heterocycles. The molecule has 3 heterocycles. The van der Waals surface area contributed by atoms with Crippen molar-refractivity contribution in [3.8, 4) is 0 Å². The zero-order valence-electron chi connectivity index (χ0n) is 16.1. The number of hydrogen-bond donors (Lipinski definition) is 6. The summed E-state index contributed by atoms with van der Waals surface area (Å²) in [5.41, 5.74) is -1.45. The Balaban J connectivity index is 1.41. The minimum atomic E-state index is -1.77. The molecule has 3 rings (SSSR count). The monoisotopic (exact) mass is 500 g/mol. The summed E-state index contributed by atoms with van der Waals surface area (Å²) in [6.07, 6.45) is -10.1. The van der Waals surface area contributed by atoms with Crippen molar-refractivity contribution in [1.82, 2.24) is 9.55 Å². The van der Waals surface area contributed by atoms with Crippen LogP contribution >= 0.6 is 18.1 Å². The fourth-order valence-corrected chi connectivity index (χ4v) is 4.06. The van der Waals surface area contributed by atoms with Crippen LogP contribution < -0.4 is 11.2 Å². The molecule has 1 aromatic rings. The second kappa shape index (κ2) is 11.3. The second-order valence-electron chi connectivity index (χ2n) is 6.79. The molecule has 2 fully saturated rings. The third kappa shape index (κ3) is 5.65. The van der Waals surface area contributed by atoms with Gasteiger partial charge in [-0.05, 0) is 0 Å². The first kappa shape index (κ1) is 25.4. The SMILES string of the molecule is O=C1C(OPOPOCC2OC(n3ccc(=O)[nH]c3=O)C(O)C2O)OC(CO)C(O)C1O. The van der Waals surface area contributed by atoms with Gasteiger partial charge in [-0.15, -0.1) is 0 Å². The van der Waals surface area contributed by atoms with Crippen LogP contribution in [0.3, 0.4) is 0 Å². The van der Waals surface area contributed by atoms with Crippen molar-refractivity contribution >= 4 is 23.9 Å². The average Bonchev–Trinajstić information content (AvgIpc) is 3.04. The molecule has 32 heavy (non-hydrogen) atoms. The number of carbonyl (C=O) groups is 1. The molecule has 180 valence electrons. The van der Waals surface area contributed by atoms with E-state index in [1.165, 1.54) is 0 Å². The number of aliphatic hydroxyl groups excluding tert-OH is 5. The molecule has 0 amide bonds. The molecule has 6 N–H and O–H groups in total. The van der Waals surface area contributed by atoms with Crippen LogP contribution in [0.15, 0.2) is 21.9 Å². The highest BCUT2D eigenvalue weighted by Crippen LogP contribution is 2.34. The van der Waals surface area contributed by atoms with E-state index in [-0.39, 0.29) is 6.61 Å². The van der Waals surface area contributed by atoms with E-state index >= 15 is 0 Å². The van der Waals surface area contributed by atoms with E-state index in [0.717, 1.165) is 16.8 Å². The lowest BCUT2D eigenvalue weighted by atomic mass is 10.0. The van der Waals surface area contributed by atoms with Gasteiger partial charge in [0.2, 0.25) is 12.1 Å². The van der Waals surface area contributed by atoms with Gasteiger partial charge in [-0.1, -0.05) is 0 Å². The Morgan fingerprint density at radius 1 is 1.03 bits per heavy atom. The maximum absolute atomic E-state index is 11.8. The number of ether oxygens (including phenoxy) is 2. The second-order valence-corrected chi connectivity index (χ2v) is 8.46. The number of rotatable bonds is 9. The van der Waals surface area contributed by atoms with Crippen molar-refractivity contribution in [3.63, 3.8) is 0 Å². The zero-order chi connectivity index (χ0) is 23.4. The molecule has 0 radical (unpaired) electrons. The molecular formula is C15H22N2O13P2. The lowest BCUT2D eigenvalue weighted by Gasteiger charge is -2.34. The van der Waals surface area contributed by atoms with Crippen LogP contribution in [0.25, 0.3) is 0 Å². The van der Waals surface area contributed by atoms with E-state index in [2.05, 4.69) is 0 Å². The van der Waals surface area contributed by atoms with E-state index < -0.39 is 90.8 Å². The van der Waals surface area contributed by atoms with Crippen LogP contribution in [-0.4, -0.2) is 97.0 Å². The Bertz CT molecular complexity index is 897. The van der Waals surface area contributed by atoms with Crippen LogP contribution in [0, 0.1) is 0 Å². The highest BCUT2D eigenvalue weighted by molar-refractivity contribution is 7.40. The van der Waals surface area contributed by atoms with Crippen molar-refractivity contribution in [2.75, 3.05) is 13.2 Å². The van der Waals surface area contributed by atoms with Crippen molar-refractivity contribution in [2.24, 2.45) is 0 Å². The maximum Gasteiger partial charge on any atom is 0.330 e. The molecule has 10 atom stereocenters. The molecule has 2 aliphatic rings. The lowest BCUT2D eigenvalue weighted by Crippen LogP contribution is -2.56. The summed E-state index contributed by atoms with van der Waals surface area (Å²) >= 11 is 0. The van der Waals surface area contributed by atoms with Crippen molar-refractivity contribution in [2.45, 2.75) is 49.1 Å². The third-order valence-electron chi connectivity index (χ3n) is 4.71. The van der Waals surface area contributed by atoms with Gasteiger partial charge < -0.3 is 39.5 Å². The quantitative estimate of drug-likeness (QED) is 0.142. The zero-order valence-corrected chi connectivity index (χ0v) is 18.1. The molecule has 10 unspecified atom stereocenters. The molecule has 0 saturated carbocycles. The number of aromatic nitrogens is 2. The molecule has 0 bridgehead atoms. The standard InChI is InChI=1S/C15H22N2O13P2/c18-3-5-8(20)10(22)12(24)14(28-5)29-32-30-31-26-4-6-9(21)11(23)13(27-6)17-2-1-7(19)16-15(17)25/h1-2,5-6,8-11,13-14,18,20-23,31-32H,3-4H2,(H,16,19,25). The largest absolute Gasteiger partial charge is 0.394 e. The lowest BCUT2D eigenvalue weighted by molar-refractivity contribution is -0.218. The maximum atomic E-state index is 11.8. The van der Waals surface area contributed by atoms with Gasteiger partial charge in [-0.25, -0.2) is 4.79 Å². The summed E-state index contributed by atoms with van der Waals surface area (Å²) < 4.78 is 26.7. The molecule has 15 nitrogen and oxygen atoms in total. The Morgan fingerprint density at radius 3 is 2.47 bits per heavy atom. The predicted octanol–water partition coefficient (Wildman–Crippen LogP) is -3.77. The van der Waals surface area contributed by atoms with E-state index in [1.807, 2.05) is 4.98 Å². The summed E-state index contributed by atoms with van der Waals surface area (Å²) in [6.45, 7) is -0.867. The van der Waals surface area contributed by atoms with Gasteiger partial charge in [-0.3, -0.25) is 28.0 Å². The number of ketones is 1. The molecular weight excluding hydrogens is 478 g/mol. The number of H-pyrrole nitrogens is 1. The number of nitrogens with one attached hydrogen (secondary N) is 1. The Labute approximate surface area is 182 Å². The first-order chi connectivity index (χ1) is 15.2. The van der Waals surface area contributed by atoms with Crippen molar-refractivity contribution in [3.05, 3.63) is 33.1 Å². The minimum absolute atomic E-state index is 0.230. The summed E-state index contributed by atoms with van der Waals surface area (Å²) in [7, 11) is -1.40. The summed E-state index contributed by atoms with van der Waals surface area (Å²) in [5.74, 6) is -0.928. The van der Waals surface area contributed by atoms with Crippen LogP contribution in [0.4, 0.5) is 0 Å². The number of aliphatic hydroxyl groups is 5. The average molecular weight is 500 g/mol. The van der Waals surface area contributed by atoms with E-state index in [4.69, 9.17) is 27.9 Å². The molecule has 0 aliphatic carbocycles. The molecule has 0 aromatic carbocycles. The van der Waals surface area contributed by atoms with E-state index in [0.29, 0.717) is 0 Å². The fourth-order valence-electron chi connectivity index (χ4n) is 3.01. The molecule has 17 heteroatoms. The number of carbonyl (C=O) groups excluding carboxylic acids is 1. The first-order valence-corrected chi connectivity index (χ1v) is 10.8. The number of hydrogen-bond acceptors (Lipinski definition) is 13. The van der Waals surface area contributed by atoms with Crippen LogP contribution in [0.5, 0.6) is 0 Å². The van der Waals surface area contributed by atoms with Gasteiger partial charge in [0.15, 0.2) is 24.3 Å². The molecule has 2 aliphatic heterocycles. The van der Waals surface area contributed by atoms with Crippen LogP contribution in [-0.2, 0) is 27.6 Å². The smallest absolute Gasteiger partial charge is 0.330 e. The summed E-state index contributed by atoms with van der Waals surface area (Å²) in [6, 6.07) is 1.06. The van der Waals surface area contributed by atoms with Crippen LogP contribution in [0.1, 0.15) is 6.23 Å². The molecule has 0 spiro atoms. The van der Waals surface area contributed by atoms with E-state index in [1.54, 1.807) is 0 Å². The Hall–Kier alpha value is -1.19. The highest BCUT2D eigenvalue weighted by Gasteiger charge is 2.45. The van der Waals surface area contributed by atoms with Gasteiger partial charge in [0.1, 0.15) is 36.6 Å². The summed E-state index contributed by atoms with van der Waals surface area (Å²) in [4.78, 5) is 36.8. The van der Waals surface area contributed by atoms with Crippen LogP contribution in [0.2, 0.25) is 0 Å². The fraction of sp³-hybridized carbons (Fsp3) is 0.667. The third-order valence-corrected chi connectivity index (χ3v) is 5.98. The Morgan fingerprint density at radius 2 is 1.78 bits per heavy atom. The summed E-state index contributed by atoms with van der Waals surface area (Å²) in [5, 5.41) is 48.6. The predicted molar refractivity (Wildman–Crippen MR) is 105 cm³/mol. The highest BCUT2D eigenvalue weighted by atomic mass is 31.2. The van der Waals surface area contributed by atoms with Gasteiger partial charge >= 0.3 is 5.69 Å².